The molecule has 0 saturated carbocycles. The highest BCUT2D eigenvalue weighted by Gasteiger charge is 2.23. The van der Waals surface area contributed by atoms with Crippen molar-refractivity contribution in [3.63, 3.8) is 0 Å². The van der Waals surface area contributed by atoms with Gasteiger partial charge in [-0.1, -0.05) is 23.2 Å². The van der Waals surface area contributed by atoms with Crippen LogP contribution in [0.5, 0.6) is 0 Å². The molecule has 5 nitrogen and oxygen atoms in total. The molecule has 0 spiro atoms. The summed E-state index contributed by atoms with van der Waals surface area (Å²) in [6, 6.07) is 4.62. The van der Waals surface area contributed by atoms with Crippen LogP contribution in [-0.2, 0) is 18.9 Å². The summed E-state index contributed by atoms with van der Waals surface area (Å²) in [4.78, 5) is 12.4. The summed E-state index contributed by atoms with van der Waals surface area (Å²) in [7, 11) is 3.09. The van der Waals surface area contributed by atoms with Gasteiger partial charge in [-0.15, -0.1) is 0 Å². The third-order valence-corrected chi connectivity index (χ3v) is 3.07. The number of methoxy groups -OCH3 is 2. The van der Waals surface area contributed by atoms with Gasteiger partial charge in [0.15, 0.2) is 0 Å². The lowest BCUT2D eigenvalue weighted by Crippen LogP contribution is -2.30. The molecule has 118 valence electrons. The average Bonchev–Trinajstić information content (AvgIpc) is 2.45. The van der Waals surface area contributed by atoms with Crippen LogP contribution >= 0.6 is 23.2 Å². The Morgan fingerprint density at radius 3 is 2.10 bits per heavy atom. The highest BCUT2D eigenvalue weighted by atomic mass is 35.5. The first-order valence-electron chi connectivity index (χ1n) is 6.30. The molecule has 0 aromatic heterocycles. The topological polar surface area (TPSA) is 54.0 Å². The van der Waals surface area contributed by atoms with Gasteiger partial charge in [-0.3, -0.25) is 4.79 Å². The maximum Gasteiger partial charge on any atom is 0.222 e. The minimum atomic E-state index is -1.06. The second kappa shape index (κ2) is 10.1. The highest BCUT2D eigenvalue weighted by Crippen LogP contribution is 2.23. The van der Waals surface area contributed by atoms with E-state index in [0.29, 0.717) is 23.8 Å². The van der Waals surface area contributed by atoms with Crippen LogP contribution in [0.4, 0.5) is 0 Å². The van der Waals surface area contributed by atoms with E-state index < -0.39 is 6.29 Å². The van der Waals surface area contributed by atoms with Crippen LogP contribution < -0.4 is 0 Å². The van der Waals surface area contributed by atoms with Gasteiger partial charge >= 0.3 is 0 Å². The predicted molar refractivity (Wildman–Crippen MR) is 80.2 cm³/mol. The zero-order valence-electron chi connectivity index (χ0n) is 11.9. The fourth-order valence-electron chi connectivity index (χ4n) is 1.49. The minimum Gasteiger partial charge on any atom is -0.382 e. The Morgan fingerprint density at radius 2 is 1.62 bits per heavy atom. The molecule has 1 aromatic rings. The Labute approximate surface area is 134 Å². The number of halogens is 2. The number of carbonyl (C=O) groups excluding carboxylic acids is 1. The molecule has 0 saturated heterocycles. The summed E-state index contributed by atoms with van der Waals surface area (Å²) < 4.78 is 20.5. The van der Waals surface area contributed by atoms with Gasteiger partial charge in [-0.2, -0.15) is 0 Å². The smallest absolute Gasteiger partial charge is 0.222 e. The lowest BCUT2D eigenvalue weighted by molar-refractivity contribution is -0.128. The van der Waals surface area contributed by atoms with E-state index in [1.807, 2.05) is 0 Å². The van der Waals surface area contributed by atoms with Gasteiger partial charge in [-0.05, 0) is 18.2 Å². The van der Waals surface area contributed by atoms with Crippen LogP contribution in [0.25, 0.3) is 0 Å². The van der Waals surface area contributed by atoms with Crippen molar-refractivity contribution >= 4 is 29.0 Å². The average molecular weight is 337 g/mol. The Balaban J connectivity index is 2.76. The van der Waals surface area contributed by atoms with Gasteiger partial charge in [-0.25, -0.2) is 0 Å². The van der Waals surface area contributed by atoms with E-state index in [1.54, 1.807) is 26.4 Å². The molecule has 0 N–H and O–H groups in total. The fraction of sp³-hybridized carbons (Fsp3) is 0.500. The van der Waals surface area contributed by atoms with Crippen molar-refractivity contribution in [2.75, 3.05) is 40.6 Å². The molecule has 0 atom stereocenters. The molecule has 1 rings (SSSR count). The number of ether oxygens (including phenoxy) is 4. The monoisotopic (exact) mass is 336 g/mol. The third-order valence-electron chi connectivity index (χ3n) is 2.52. The van der Waals surface area contributed by atoms with Crippen molar-refractivity contribution in [2.45, 2.75) is 6.29 Å². The molecule has 0 unspecified atom stereocenters. The summed E-state index contributed by atoms with van der Waals surface area (Å²) >= 11 is 11.8. The number of carbonyl (C=O) groups is 1. The van der Waals surface area contributed by atoms with Crippen molar-refractivity contribution < 1.29 is 23.7 Å². The van der Waals surface area contributed by atoms with Crippen LogP contribution in [0.1, 0.15) is 10.4 Å². The lowest BCUT2D eigenvalue weighted by atomic mass is 10.1. The molecular formula is C14H18Cl2O5. The van der Waals surface area contributed by atoms with Gasteiger partial charge in [0.2, 0.25) is 12.1 Å². The van der Waals surface area contributed by atoms with Crippen LogP contribution in [-0.4, -0.2) is 52.7 Å². The molecule has 0 amide bonds. The van der Waals surface area contributed by atoms with Crippen LogP contribution in [0.15, 0.2) is 18.2 Å². The zero-order chi connectivity index (χ0) is 15.7. The number of hydrogen-bond acceptors (Lipinski definition) is 5. The standard InChI is InChI=1S/C14H18Cl2O5/c1-18-5-7-20-14(21-8-6-19-2)13(17)11-4-3-10(15)9-12(11)16/h3-4,9,14H,5-8H2,1-2H3. The maximum atomic E-state index is 12.4. The Hall–Kier alpha value is -0.690. The predicted octanol–water partition coefficient (Wildman–Crippen LogP) is 2.83. The molecule has 21 heavy (non-hydrogen) atoms. The molecule has 0 aliphatic heterocycles. The van der Waals surface area contributed by atoms with Gasteiger partial charge in [0.05, 0.1) is 31.5 Å². The van der Waals surface area contributed by atoms with Crippen LogP contribution in [0, 0.1) is 0 Å². The van der Waals surface area contributed by atoms with Crippen LogP contribution in [0.3, 0.4) is 0 Å². The zero-order valence-corrected chi connectivity index (χ0v) is 13.4. The number of ketones is 1. The summed E-state index contributed by atoms with van der Waals surface area (Å²) in [5.74, 6) is -0.371. The van der Waals surface area contributed by atoms with E-state index in [1.165, 1.54) is 6.07 Å². The molecule has 0 aliphatic rings. The Bertz CT molecular complexity index is 443. The van der Waals surface area contributed by atoms with E-state index in [2.05, 4.69) is 0 Å². The van der Waals surface area contributed by atoms with Crippen LogP contribution in [0.2, 0.25) is 10.0 Å². The maximum absolute atomic E-state index is 12.4. The number of Topliss-reactive ketones (excluding diaryl/α,β-unsaturated/α-hetero) is 1. The number of rotatable bonds is 10. The van der Waals surface area contributed by atoms with E-state index in [9.17, 15) is 4.79 Å². The summed E-state index contributed by atoms with van der Waals surface area (Å²) in [6.07, 6.45) is -1.06. The van der Waals surface area contributed by atoms with Crippen molar-refractivity contribution in [3.8, 4) is 0 Å². The highest BCUT2D eigenvalue weighted by molar-refractivity contribution is 6.36. The Morgan fingerprint density at radius 1 is 1.05 bits per heavy atom. The van der Waals surface area contributed by atoms with Crippen molar-refractivity contribution in [1.29, 1.82) is 0 Å². The van der Waals surface area contributed by atoms with E-state index in [4.69, 9.17) is 42.1 Å². The number of benzene rings is 1. The molecule has 0 radical (unpaired) electrons. The van der Waals surface area contributed by atoms with Crippen molar-refractivity contribution in [3.05, 3.63) is 33.8 Å². The van der Waals surface area contributed by atoms with E-state index in [-0.39, 0.29) is 24.0 Å². The largest absolute Gasteiger partial charge is 0.382 e. The molecule has 0 heterocycles. The summed E-state index contributed by atoms with van der Waals surface area (Å²) in [5, 5.41) is 0.705. The minimum absolute atomic E-state index is 0.227. The van der Waals surface area contributed by atoms with Crippen molar-refractivity contribution in [1.82, 2.24) is 0 Å². The first-order valence-corrected chi connectivity index (χ1v) is 7.06. The quantitative estimate of drug-likeness (QED) is 0.373. The van der Waals surface area contributed by atoms with Gasteiger partial charge in [0.1, 0.15) is 0 Å². The first kappa shape index (κ1) is 18.4. The molecule has 0 aliphatic carbocycles. The summed E-state index contributed by atoms with van der Waals surface area (Å²) in [5.41, 5.74) is 0.293. The fourth-order valence-corrected chi connectivity index (χ4v) is 1.99. The third kappa shape index (κ3) is 6.30. The molecular weight excluding hydrogens is 319 g/mol. The first-order chi connectivity index (χ1) is 10.1. The second-order valence-corrected chi connectivity index (χ2v) is 4.89. The molecule has 0 fully saturated rings. The second-order valence-electron chi connectivity index (χ2n) is 4.05. The van der Waals surface area contributed by atoms with Gasteiger partial charge in [0.25, 0.3) is 0 Å². The van der Waals surface area contributed by atoms with E-state index >= 15 is 0 Å². The lowest BCUT2D eigenvalue weighted by Gasteiger charge is -2.18. The van der Waals surface area contributed by atoms with Gasteiger partial charge in [0, 0.05) is 24.8 Å². The Kier molecular flexibility index (Phi) is 8.84. The molecule has 7 heteroatoms. The normalized spacial score (nSPS) is 11.1. The van der Waals surface area contributed by atoms with Crippen molar-refractivity contribution in [2.24, 2.45) is 0 Å². The molecule has 1 aromatic carbocycles. The van der Waals surface area contributed by atoms with E-state index in [0.717, 1.165) is 0 Å². The van der Waals surface area contributed by atoms with Gasteiger partial charge < -0.3 is 18.9 Å². The summed E-state index contributed by atoms with van der Waals surface area (Å²) in [6.45, 7) is 1.16. The number of hydrogen-bond donors (Lipinski definition) is 0. The molecule has 0 bridgehead atoms. The SMILES string of the molecule is COCCOC(OCCOC)C(=O)c1ccc(Cl)cc1Cl.